The van der Waals surface area contributed by atoms with Gasteiger partial charge >= 0.3 is 6.03 Å². The molecule has 2 rings (SSSR count). The van der Waals surface area contributed by atoms with Crippen LogP contribution in [-0.2, 0) is 5.41 Å². The molecule has 0 saturated heterocycles. The maximum atomic E-state index is 12.6. The van der Waals surface area contributed by atoms with Gasteiger partial charge in [-0.1, -0.05) is 57.2 Å². The summed E-state index contributed by atoms with van der Waals surface area (Å²) >= 11 is 0. The minimum Gasteiger partial charge on any atom is -0.307 e. The molecule has 0 spiro atoms. The fourth-order valence-corrected chi connectivity index (χ4v) is 2.48. The van der Waals surface area contributed by atoms with Crippen molar-refractivity contribution in [2.75, 3.05) is 16.8 Å². The molecule has 3 heteroatoms. The summed E-state index contributed by atoms with van der Waals surface area (Å²) in [5.41, 5.74) is 2.88. The lowest BCUT2D eigenvalue weighted by Gasteiger charge is -2.26. The first kappa shape index (κ1) is 16.1. The molecule has 0 aliphatic rings. The van der Waals surface area contributed by atoms with Crippen molar-refractivity contribution in [1.82, 2.24) is 0 Å². The number of benzene rings is 2. The molecule has 0 aliphatic heterocycles. The van der Waals surface area contributed by atoms with Crippen molar-refractivity contribution in [3.63, 3.8) is 0 Å². The Balaban J connectivity index is 2.25. The number of nitrogens with one attached hydrogen (secondary N) is 1. The summed E-state index contributed by atoms with van der Waals surface area (Å²) in [4.78, 5) is 14.4. The van der Waals surface area contributed by atoms with Crippen LogP contribution < -0.4 is 10.2 Å². The minimum atomic E-state index is -0.106. The van der Waals surface area contributed by atoms with E-state index in [1.807, 2.05) is 55.5 Å². The molecule has 1 N–H and O–H groups in total. The third-order valence-electron chi connectivity index (χ3n) is 3.61. The van der Waals surface area contributed by atoms with Crippen LogP contribution in [-0.4, -0.2) is 12.6 Å². The fourth-order valence-electron chi connectivity index (χ4n) is 2.48. The highest BCUT2D eigenvalue weighted by molar-refractivity contribution is 6.02. The predicted molar refractivity (Wildman–Crippen MR) is 93.6 cm³/mol. The molecule has 0 fully saturated rings. The van der Waals surface area contributed by atoms with E-state index >= 15 is 0 Å². The predicted octanol–water partition coefficient (Wildman–Crippen LogP) is 5.04. The Morgan fingerprint density at radius 1 is 1.00 bits per heavy atom. The van der Waals surface area contributed by atoms with Gasteiger partial charge in [-0.3, -0.25) is 4.90 Å². The van der Waals surface area contributed by atoms with Gasteiger partial charge in [0.2, 0.25) is 0 Å². The molecule has 116 valence electrons. The van der Waals surface area contributed by atoms with Gasteiger partial charge in [0, 0.05) is 17.9 Å². The van der Waals surface area contributed by atoms with E-state index in [9.17, 15) is 4.79 Å². The summed E-state index contributed by atoms with van der Waals surface area (Å²) in [6.45, 7) is 9.03. The van der Waals surface area contributed by atoms with Gasteiger partial charge in [-0.05, 0) is 36.1 Å². The smallest absolute Gasteiger partial charge is 0.307 e. The Labute approximate surface area is 133 Å². The largest absolute Gasteiger partial charge is 0.326 e. The molecule has 0 aliphatic carbocycles. The molecular weight excluding hydrogens is 272 g/mol. The third-order valence-corrected chi connectivity index (χ3v) is 3.61. The lowest BCUT2D eigenvalue weighted by atomic mass is 9.86. The van der Waals surface area contributed by atoms with E-state index in [0.717, 1.165) is 16.9 Å². The van der Waals surface area contributed by atoms with Crippen LogP contribution in [0.1, 0.15) is 33.3 Å². The van der Waals surface area contributed by atoms with Crippen molar-refractivity contribution in [2.24, 2.45) is 0 Å². The number of rotatable bonds is 3. The Kier molecular flexibility index (Phi) is 4.86. The lowest BCUT2D eigenvalue weighted by molar-refractivity contribution is 0.257. The molecule has 0 unspecified atom stereocenters. The maximum Gasteiger partial charge on any atom is 0.326 e. The second-order valence-corrected chi connectivity index (χ2v) is 6.31. The summed E-state index contributed by atoms with van der Waals surface area (Å²) < 4.78 is 0. The zero-order valence-corrected chi connectivity index (χ0v) is 13.8. The van der Waals surface area contributed by atoms with E-state index in [4.69, 9.17) is 0 Å². The molecule has 3 nitrogen and oxygen atoms in total. The quantitative estimate of drug-likeness (QED) is 0.845. The second kappa shape index (κ2) is 6.65. The molecule has 2 aromatic carbocycles. The number of anilines is 2. The van der Waals surface area contributed by atoms with Gasteiger partial charge in [-0.25, -0.2) is 4.79 Å². The van der Waals surface area contributed by atoms with Gasteiger partial charge in [0.15, 0.2) is 0 Å². The van der Waals surface area contributed by atoms with Crippen LogP contribution in [0.4, 0.5) is 16.2 Å². The molecule has 2 aromatic rings. The average molecular weight is 296 g/mol. The number of nitrogens with zero attached hydrogens (tertiary/aromatic N) is 1. The molecule has 0 bridgehead atoms. The van der Waals surface area contributed by atoms with Crippen LogP contribution in [0, 0.1) is 0 Å². The summed E-state index contributed by atoms with van der Waals surface area (Å²) in [5.74, 6) is 0. The Morgan fingerprint density at radius 3 is 2.18 bits per heavy atom. The molecule has 0 aromatic heterocycles. The van der Waals surface area contributed by atoms with Crippen molar-refractivity contribution in [2.45, 2.75) is 33.1 Å². The lowest BCUT2D eigenvalue weighted by Crippen LogP contribution is -2.35. The van der Waals surface area contributed by atoms with E-state index in [1.54, 1.807) is 4.90 Å². The number of urea groups is 1. The van der Waals surface area contributed by atoms with Crippen molar-refractivity contribution in [3.05, 3.63) is 60.2 Å². The Hall–Kier alpha value is -2.29. The summed E-state index contributed by atoms with van der Waals surface area (Å²) in [7, 11) is 0. The van der Waals surface area contributed by atoms with Crippen molar-refractivity contribution >= 4 is 17.4 Å². The normalized spacial score (nSPS) is 11.1. The van der Waals surface area contributed by atoms with E-state index in [1.165, 1.54) is 0 Å². The molecule has 22 heavy (non-hydrogen) atoms. The highest BCUT2D eigenvalue weighted by atomic mass is 16.2. The number of hydrogen-bond donors (Lipinski definition) is 1. The highest BCUT2D eigenvalue weighted by Crippen LogP contribution is 2.29. The Bertz CT molecular complexity index is 629. The van der Waals surface area contributed by atoms with Crippen LogP contribution in [0.5, 0.6) is 0 Å². The van der Waals surface area contributed by atoms with Crippen LogP contribution in [0.3, 0.4) is 0 Å². The molecule has 2 amide bonds. The first-order valence-corrected chi connectivity index (χ1v) is 7.66. The van der Waals surface area contributed by atoms with Crippen LogP contribution in [0.15, 0.2) is 54.6 Å². The summed E-state index contributed by atoms with van der Waals surface area (Å²) in [5, 5.41) is 3.05. The standard InChI is InChI=1S/C19H24N2O/c1-5-21(15-11-7-6-8-12-15)18(22)20-17-14-10-9-13-16(17)19(2,3)4/h6-14H,5H2,1-4H3,(H,20,22). The van der Waals surface area contributed by atoms with E-state index < -0.39 is 0 Å². The van der Waals surface area contributed by atoms with Gasteiger partial charge in [-0.15, -0.1) is 0 Å². The van der Waals surface area contributed by atoms with Crippen LogP contribution in [0.2, 0.25) is 0 Å². The first-order valence-electron chi connectivity index (χ1n) is 7.66. The topological polar surface area (TPSA) is 32.3 Å². The highest BCUT2D eigenvalue weighted by Gasteiger charge is 2.20. The zero-order valence-electron chi connectivity index (χ0n) is 13.8. The van der Waals surface area contributed by atoms with Crippen LogP contribution in [0.25, 0.3) is 0 Å². The van der Waals surface area contributed by atoms with E-state index in [2.05, 4.69) is 32.2 Å². The summed E-state index contributed by atoms with van der Waals surface area (Å²) in [6.07, 6.45) is 0. The van der Waals surface area contributed by atoms with Crippen LogP contribution >= 0.6 is 0 Å². The van der Waals surface area contributed by atoms with E-state index in [-0.39, 0.29) is 11.4 Å². The average Bonchev–Trinajstić information content (AvgIpc) is 2.48. The molecule has 0 heterocycles. The second-order valence-electron chi connectivity index (χ2n) is 6.31. The summed E-state index contributed by atoms with van der Waals surface area (Å²) in [6, 6.07) is 17.6. The van der Waals surface area contributed by atoms with E-state index in [0.29, 0.717) is 6.54 Å². The maximum absolute atomic E-state index is 12.6. The SMILES string of the molecule is CCN(C(=O)Nc1ccccc1C(C)(C)C)c1ccccc1. The molecule has 0 saturated carbocycles. The van der Waals surface area contributed by atoms with Crippen molar-refractivity contribution in [3.8, 4) is 0 Å². The number of hydrogen-bond acceptors (Lipinski definition) is 1. The van der Waals surface area contributed by atoms with Crippen molar-refractivity contribution in [1.29, 1.82) is 0 Å². The third kappa shape index (κ3) is 3.67. The Morgan fingerprint density at radius 2 is 1.59 bits per heavy atom. The molecule has 0 atom stereocenters. The molecular formula is C19H24N2O. The number of para-hydroxylation sites is 2. The number of carbonyl (C=O) groups excluding carboxylic acids is 1. The first-order chi connectivity index (χ1) is 10.4. The zero-order chi connectivity index (χ0) is 16.2. The monoisotopic (exact) mass is 296 g/mol. The number of amides is 2. The van der Waals surface area contributed by atoms with Gasteiger partial charge in [0.25, 0.3) is 0 Å². The van der Waals surface area contributed by atoms with Gasteiger partial charge < -0.3 is 5.32 Å². The number of carbonyl (C=O) groups is 1. The van der Waals surface area contributed by atoms with Crippen molar-refractivity contribution < 1.29 is 4.79 Å². The molecule has 0 radical (unpaired) electrons. The fraction of sp³-hybridized carbons (Fsp3) is 0.316. The van der Waals surface area contributed by atoms with Gasteiger partial charge in [0.1, 0.15) is 0 Å². The van der Waals surface area contributed by atoms with Gasteiger partial charge in [-0.2, -0.15) is 0 Å². The van der Waals surface area contributed by atoms with Gasteiger partial charge in [0.05, 0.1) is 0 Å². The minimum absolute atomic E-state index is 0.0202.